The number of hydrogen-bond donors (Lipinski definition) is 4. The number of amides is 2. The smallest absolute Gasteiger partial charge is 0.345 e. The zero-order chi connectivity index (χ0) is 24.7. The van der Waals surface area contributed by atoms with Gasteiger partial charge in [0.15, 0.2) is 17.5 Å². The Morgan fingerprint density at radius 3 is 2.65 bits per heavy atom. The van der Waals surface area contributed by atoms with E-state index in [1.165, 1.54) is 24.5 Å². The van der Waals surface area contributed by atoms with Crippen LogP contribution >= 0.6 is 0 Å². The molecule has 12 heteroatoms. The van der Waals surface area contributed by atoms with E-state index in [0.717, 1.165) is 6.92 Å². The van der Waals surface area contributed by atoms with Crippen molar-refractivity contribution in [2.45, 2.75) is 32.0 Å². The molecule has 2 aromatic rings. The van der Waals surface area contributed by atoms with E-state index in [4.69, 9.17) is 20.9 Å². The Bertz CT molecular complexity index is 1090. The van der Waals surface area contributed by atoms with Gasteiger partial charge >= 0.3 is 5.97 Å². The van der Waals surface area contributed by atoms with Gasteiger partial charge in [0.05, 0.1) is 5.56 Å². The molecule has 1 aliphatic rings. The molecule has 1 aliphatic heterocycles. The summed E-state index contributed by atoms with van der Waals surface area (Å²) in [7, 11) is 0. The maximum Gasteiger partial charge on any atom is 0.345 e. The first-order chi connectivity index (χ1) is 16.2. The summed E-state index contributed by atoms with van der Waals surface area (Å²) in [5, 5.41) is 13.2. The number of rotatable bonds is 10. The van der Waals surface area contributed by atoms with Crippen LogP contribution in [0.4, 0.5) is 0 Å². The third kappa shape index (κ3) is 5.41. The van der Waals surface area contributed by atoms with E-state index in [0.29, 0.717) is 22.0 Å². The summed E-state index contributed by atoms with van der Waals surface area (Å²) >= 11 is 0. The predicted octanol–water partition coefficient (Wildman–Crippen LogP) is 0.423. The summed E-state index contributed by atoms with van der Waals surface area (Å²) in [5.74, 6) is -2.03. The highest BCUT2D eigenvalue weighted by atomic mass is 16.7. The number of nitrogens with two attached hydrogens (primary N) is 2. The van der Waals surface area contributed by atoms with E-state index in [1.807, 2.05) is 0 Å². The second kappa shape index (κ2) is 10.6. The number of aromatic nitrogens is 1. The number of nitrogens with zero attached hydrogens (tertiary/aromatic N) is 3. The van der Waals surface area contributed by atoms with Crippen LogP contribution in [0.25, 0.3) is 0 Å². The monoisotopic (exact) mass is 470 g/mol. The number of benzene rings is 1. The van der Waals surface area contributed by atoms with Gasteiger partial charge in [-0.05, 0) is 42.7 Å². The van der Waals surface area contributed by atoms with Crippen LogP contribution < -0.4 is 26.3 Å². The highest BCUT2D eigenvalue weighted by Crippen LogP contribution is 2.33. The molecule has 3 rings (SSSR count). The van der Waals surface area contributed by atoms with Gasteiger partial charge in [-0.1, -0.05) is 6.07 Å². The Labute approximate surface area is 195 Å². The number of pyridine rings is 1. The van der Waals surface area contributed by atoms with Crippen molar-refractivity contribution in [3.05, 3.63) is 53.9 Å². The molecular weight excluding hydrogens is 444 g/mol. The molecule has 180 valence electrons. The number of aliphatic imine (C=N–C) groups is 1. The van der Waals surface area contributed by atoms with Gasteiger partial charge in [0, 0.05) is 32.4 Å². The highest BCUT2D eigenvalue weighted by molar-refractivity contribution is 6.07. The molecule has 0 spiro atoms. The predicted molar refractivity (Wildman–Crippen MR) is 121 cm³/mol. The van der Waals surface area contributed by atoms with Crippen LogP contribution in [0, 0.1) is 0 Å². The fourth-order valence-corrected chi connectivity index (χ4v) is 3.60. The number of aliphatic carboxylic acids is 1. The van der Waals surface area contributed by atoms with Crippen molar-refractivity contribution in [3.63, 3.8) is 0 Å². The fraction of sp³-hybridized carbons (Fsp3) is 0.318. The van der Waals surface area contributed by atoms with Gasteiger partial charge in [0.25, 0.3) is 5.91 Å². The number of ether oxygens (including phenoxy) is 2. The van der Waals surface area contributed by atoms with Crippen LogP contribution in [-0.4, -0.2) is 57.7 Å². The third-order valence-electron chi connectivity index (χ3n) is 5.18. The largest absolute Gasteiger partial charge is 0.478 e. The summed E-state index contributed by atoms with van der Waals surface area (Å²) in [4.78, 5) is 47.2. The standard InChI is InChI=1S/C22H26N6O6/c1-14(29)28(19(30)16-4-2-8-25-12-16)22(20(31)32,7-3-9-26-21(23)24)27-11-15-5-6-17-18(10-15)34-13-33-17/h2,4-6,8,10,12,27H,3,7,9,11,13H2,1H3,(H,31,32)(H4,23,24,26)/t22-/m0/s1. The lowest BCUT2D eigenvalue weighted by atomic mass is 9.98. The van der Waals surface area contributed by atoms with Gasteiger partial charge in [0.2, 0.25) is 18.4 Å². The molecule has 0 aliphatic carbocycles. The normalized spacial score (nSPS) is 13.6. The summed E-state index contributed by atoms with van der Waals surface area (Å²) in [6, 6.07) is 8.10. The molecule has 2 amide bonds. The van der Waals surface area contributed by atoms with Crippen molar-refractivity contribution in [3.8, 4) is 11.5 Å². The Kier molecular flexibility index (Phi) is 7.64. The fourth-order valence-electron chi connectivity index (χ4n) is 3.60. The summed E-state index contributed by atoms with van der Waals surface area (Å²) < 4.78 is 10.7. The first kappa shape index (κ1) is 24.5. The number of guanidine groups is 1. The maximum atomic E-state index is 13.3. The van der Waals surface area contributed by atoms with Crippen molar-refractivity contribution < 1.29 is 29.0 Å². The van der Waals surface area contributed by atoms with Crippen LogP contribution in [0.1, 0.15) is 35.7 Å². The van der Waals surface area contributed by atoms with E-state index in [2.05, 4.69) is 15.3 Å². The lowest BCUT2D eigenvalue weighted by molar-refractivity contribution is -0.159. The summed E-state index contributed by atoms with van der Waals surface area (Å²) in [6.45, 7) is 1.34. The molecule has 6 N–H and O–H groups in total. The van der Waals surface area contributed by atoms with Crippen molar-refractivity contribution in [2.24, 2.45) is 16.5 Å². The molecule has 0 bridgehead atoms. The van der Waals surface area contributed by atoms with Crippen molar-refractivity contribution >= 4 is 23.7 Å². The van der Waals surface area contributed by atoms with Crippen LogP contribution in [0.2, 0.25) is 0 Å². The molecule has 0 radical (unpaired) electrons. The Morgan fingerprint density at radius 1 is 1.24 bits per heavy atom. The van der Waals surface area contributed by atoms with Gasteiger partial charge in [-0.2, -0.15) is 0 Å². The van der Waals surface area contributed by atoms with E-state index >= 15 is 0 Å². The molecule has 1 aromatic heterocycles. The van der Waals surface area contributed by atoms with Gasteiger partial charge in [-0.15, -0.1) is 0 Å². The van der Waals surface area contributed by atoms with E-state index in [1.54, 1.807) is 18.2 Å². The van der Waals surface area contributed by atoms with Gasteiger partial charge < -0.3 is 26.0 Å². The number of carboxylic acids is 1. The quantitative estimate of drug-likeness (QED) is 0.164. The molecule has 34 heavy (non-hydrogen) atoms. The third-order valence-corrected chi connectivity index (χ3v) is 5.18. The second-order valence-corrected chi connectivity index (χ2v) is 7.52. The Morgan fingerprint density at radius 2 is 2.00 bits per heavy atom. The topological polar surface area (TPSA) is 182 Å². The molecule has 1 aromatic carbocycles. The van der Waals surface area contributed by atoms with Crippen LogP contribution in [0.5, 0.6) is 11.5 Å². The molecule has 12 nitrogen and oxygen atoms in total. The number of nitrogens with one attached hydrogen (secondary N) is 1. The minimum Gasteiger partial charge on any atom is -0.478 e. The summed E-state index contributed by atoms with van der Waals surface area (Å²) in [5.41, 5.74) is 9.36. The number of fused-ring (bicyclic) bond motifs is 1. The van der Waals surface area contributed by atoms with E-state index in [9.17, 15) is 19.5 Å². The van der Waals surface area contributed by atoms with Gasteiger partial charge in [0.1, 0.15) is 0 Å². The molecule has 0 unspecified atom stereocenters. The van der Waals surface area contributed by atoms with E-state index < -0.39 is 23.4 Å². The number of hydrogen-bond acceptors (Lipinski definition) is 8. The zero-order valence-electron chi connectivity index (χ0n) is 18.6. The highest BCUT2D eigenvalue weighted by Gasteiger charge is 2.48. The maximum absolute atomic E-state index is 13.3. The lowest BCUT2D eigenvalue weighted by Crippen LogP contribution is -2.67. The molecular formula is C22H26N6O6. The molecule has 0 saturated carbocycles. The van der Waals surface area contributed by atoms with Crippen LogP contribution in [-0.2, 0) is 16.1 Å². The van der Waals surface area contributed by atoms with E-state index in [-0.39, 0.29) is 44.2 Å². The molecule has 1 atom stereocenters. The van der Waals surface area contributed by atoms with Gasteiger partial charge in [-0.3, -0.25) is 24.9 Å². The number of carbonyl (C=O) groups excluding carboxylic acids is 2. The molecule has 2 heterocycles. The minimum atomic E-state index is -2.09. The second-order valence-electron chi connectivity index (χ2n) is 7.52. The van der Waals surface area contributed by atoms with Crippen LogP contribution in [0.15, 0.2) is 47.7 Å². The number of carboxylic acid groups (broad SMARTS) is 1. The Hall–Kier alpha value is -4.19. The average molecular weight is 470 g/mol. The van der Waals surface area contributed by atoms with Crippen LogP contribution in [0.3, 0.4) is 0 Å². The van der Waals surface area contributed by atoms with Crippen molar-refractivity contribution in [1.29, 1.82) is 0 Å². The molecule has 0 saturated heterocycles. The lowest BCUT2D eigenvalue weighted by Gasteiger charge is -2.39. The van der Waals surface area contributed by atoms with Crippen molar-refractivity contribution in [2.75, 3.05) is 13.3 Å². The first-order valence-corrected chi connectivity index (χ1v) is 10.4. The SMILES string of the molecule is CC(=O)N(C(=O)c1cccnc1)[C@](CCCN=C(N)N)(NCc1ccc2c(c1)OCO2)C(=O)O. The number of imide groups is 1. The average Bonchev–Trinajstić information content (AvgIpc) is 3.28. The number of carbonyl (C=O) groups is 3. The minimum absolute atomic E-state index is 0.00926. The summed E-state index contributed by atoms with van der Waals surface area (Å²) in [6.07, 6.45) is 2.74. The first-order valence-electron chi connectivity index (χ1n) is 10.4. The van der Waals surface area contributed by atoms with Crippen molar-refractivity contribution in [1.82, 2.24) is 15.2 Å². The Balaban J connectivity index is 1.96. The zero-order valence-corrected chi connectivity index (χ0v) is 18.6. The molecule has 0 fully saturated rings. The van der Waals surface area contributed by atoms with Gasteiger partial charge in [-0.25, -0.2) is 9.69 Å².